The van der Waals surface area contributed by atoms with Crippen LogP contribution in [0.1, 0.15) is 36.7 Å². The molecule has 3 amide bonds. The highest BCUT2D eigenvalue weighted by molar-refractivity contribution is 6.40. The number of ether oxygens (including phenoxy) is 1. The van der Waals surface area contributed by atoms with Crippen LogP contribution >= 0.6 is 11.6 Å². The van der Waals surface area contributed by atoms with Gasteiger partial charge in [0.05, 0.1) is 23.5 Å². The predicted molar refractivity (Wildman–Crippen MR) is 157 cm³/mol. The van der Waals surface area contributed by atoms with E-state index in [0.717, 1.165) is 5.56 Å². The highest BCUT2D eigenvalue weighted by Gasteiger charge is 2.27. The molecule has 0 aromatic heterocycles. The molecule has 42 heavy (non-hydrogen) atoms. The molecule has 0 bridgehead atoms. The van der Waals surface area contributed by atoms with Crippen molar-refractivity contribution in [3.63, 3.8) is 0 Å². The molecule has 0 saturated carbocycles. The summed E-state index contributed by atoms with van der Waals surface area (Å²) in [5.41, 5.74) is 1.49. The van der Waals surface area contributed by atoms with E-state index in [-0.39, 0.29) is 12.1 Å². The fraction of sp³-hybridized carbons (Fsp3) is 0.267. The van der Waals surface area contributed by atoms with Crippen LogP contribution in [-0.4, -0.2) is 48.5 Å². The molecule has 0 aliphatic carbocycles. The van der Waals surface area contributed by atoms with Crippen molar-refractivity contribution in [3.05, 3.63) is 88.9 Å². The van der Waals surface area contributed by atoms with Gasteiger partial charge in [-0.15, -0.1) is 4.99 Å². The molecular formula is C30H31ClN4O7. The molecule has 0 radical (unpaired) electrons. The number of anilines is 3. The van der Waals surface area contributed by atoms with Crippen LogP contribution in [0.4, 0.5) is 17.1 Å². The van der Waals surface area contributed by atoms with Crippen LogP contribution in [0.5, 0.6) is 0 Å². The molecule has 1 saturated heterocycles. The van der Waals surface area contributed by atoms with Crippen molar-refractivity contribution in [1.82, 2.24) is 5.32 Å². The molecule has 3 aromatic carbocycles. The van der Waals surface area contributed by atoms with Gasteiger partial charge in [-0.05, 0) is 68.8 Å². The van der Waals surface area contributed by atoms with E-state index in [2.05, 4.69) is 16.0 Å². The molecular weight excluding hydrogens is 564 g/mol. The quantitative estimate of drug-likeness (QED) is 0.200. The van der Waals surface area contributed by atoms with Crippen molar-refractivity contribution in [2.75, 3.05) is 28.8 Å². The number of carbonyl (C=O) groups excluding carboxylic acids is 4. The highest BCUT2D eigenvalue weighted by atomic mass is 35.5. The number of carbonyl (C=O) groups is 4. The van der Waals surface area contributed by atoms with E-state index in [4.69, 9.17) is 26.2 Å². The fourth-order valence-electron chi connectivity index (χ4n) is 3.96. The summed E-state index contributed by atoms with van der Waals surface area (Å²) in [5, 5.41) is 9.52. The van der Waals surface area contributed by atoms with E-state index >= 15 is 0 Å². The molecule has 1 aliphatic rings. The second-order valence-corrected chi connectivity index (χ2v) is 10.8. The van der Waals surface area contributed by atoms with Gasteiger partial charge in [0.15, 0.2) is 0 Å². The van der Waals surface area contributed by atoms with Crippen molar-refractivity contribution in [3.8, 4) is 0 Å². The Labute approximate surface area is 248 Å². The molecule has 1 atom stereocenters. The summed E-state index contributed by atoms with van der Waals surface area (Å²) in [6.07, 6.45) is 0.114. The van der Waals surface area contributed by atoms with Crippen LogP contribution in [0, 0.1) is 0 Å². The third-order valence-electron chi connectivity index (χ3n) is 5.89. The van der Waals surface area contributed by atoms with E-state index < -0.39 is 35.3 Å². The maximum Gasteiger partial charge on any atom is 0.338 e. The molecule has 11 nitrogen and oxygen atoms in total. The van der Waals surface area contributed by atoms with Crippen molar-refractivity contribution >= 4 is 52.4 Å². The van der Waals surface area contributed by atoms with Crippen LogP contribution < -0.4 is 21.0 Å². The summed E-state index contributed by atoms with van der Waals surface area (Å²) < 4.78 is 5.37. The lowest BCUT2D eigenvalue weighted by Crippen LogP contribution is -2.49. The minimum atomic E-state index is -1.11. The molecule has 3 N–H and O–H groups in total. The first-order valence-electron chi connectivity index (χ1n) is 13.2. The van der Waals surface area contributed by atoms with Crippen molar-refractivity contribution in [2.24, 2.45) is 0 Å². The fourth-order valence-corrected chi connectivity index (χ4v) is 4.13. The number of hydrogen-bond donors (Lipinski definition) is 3. The summed E-state index contributed by atoms with van der Waals surface area (Å²) >= 11 is 6.11. The standard InChI is InChI=1S/C30H31ClN4O7/c1-30(2,3)41-29(39)20-9-12-22(13-10-20)32-26(36)24(17-19-7-5-4-6-8-19)34-28(38)27(37)33-23-18-21(31)11-14-25(23)35-15-16-40-42-35/h4-14,18,24H,15-17H2,1-3H3,(H,32,36)(H,33,37)(H,34,38). The number of rotatable bonds is 8. The first-order valence-corrected chi connectivity index (χ1v) is 13.5. The van der Waals surface area contributed by atoms with Gasteiger partial charge >= 0.3 is 17.8 Å². The van der Waals surface area contributed by atoms with Gasteiger partial charge < -0.3 is 20.7 Å². The number of esters is 1. The molecule has 1 fully saturated rings. The lowest BCUT2D eigenvalue weighted by atomic mass is 10.0. The average Bonchev–Trinajstić information content (AvgIpc) is 3.47. The van der Waals surface area contributed by atoms with Gasteiger partial charge in [0.25, 0.3) is 0 Å². The monoisotopic (exact) mass is 594 g/mol. The Kier molecular flexibility index (Phi) is 9.79. The topological polar surface area (TPSA) is 135 Å². The smallest absolute Gasteiger partial charge is 0.338 e. The summed E-state index contributed by atoms with van der Waals surface area (Å²) in [4.78, 5) is 61.5. The number of nitrogens with one attached hydrogen (secondary N) is 3. The minimum absolute atomic E-state index is 0.114. The second-order valence-electron chi connectivity index (χ2n) is 10.4. The summed E-state index contributed by atoms with van der Waals surface area (Å²) in [5.74, 6) is -3.09. The maximum absolute atomic E-state index is 13.3. The van der Waals surface area contributed by atoms with Crippen LogP contribution in [0.25, 0.3) is 0 Å². The van der Waals surface area contributed by atoms with E-state index in [1.54, 1.807) is 69.3 Å². The number of nitrogens with zero attached hydrogens (tertiary/aromatic N) is 1. The Morgan fingerprint density at radius 1 is 0.952 bits per heavy atom. The van der Waals surface area contributed by atoms with Gasteiger partial charge in [-0.2, -0.15) is 0 Å². The third-order valence-corrected chi connectivity index (χ3v) is 6.13. The molecule has 4 rings (SSSR count). The second kappa shape index (κ2) is 13.5. The van der Waals surface area contributed by atoms with E-state index in [0.29, 0.717) is 35.1 Å². The average molecular weight is 595 g/mol. The summed E-state index contributed by atoms with van der Waals surface area (Å²) in [7, 11) is 0. The van der Waals surface area contributed by atoms with Gasteiger partial charge in [0.1, 0.15) is 18.2 Å². The highest BCUT2D eigenvalue weighted by Crippen LogP contribution is 2.30. The molecule has 0 spiro atoms. The van der Waals surface area contributed by atoms with Crippen LogP contribution in [0.3, 0.4) is 0 Å². The SMILES string of the molecule is CC(C)(C)OC(=O)c1ccc(NC(=O)C(Cc2ccccc2)NC(=O)C(=O)Nc2cc(Cl)ccc2N2CCOO2)cc1. The van der Waals surface area contributed by atoms with Gasteiger partial charge in [0.2, 0.25) is 5.91 Å². The predicted octanol–water partition coefficient (Wildman–Crippen LogP) is 4.28. The zero-order valence-corrected chi connectivity index (χ0v) is 24.1. The maximum atomic E-state index is 13.3. The van der Waals surface area contributed by atoms with E-state index in [1.807, 2.05) is 6.07 Å². The van der Waals surface area contributed by atoms with Crippen LogP contribution in [-0.2, 0) is 35.4 Å². The zero-order chi connectivity index (χ0) is 30.3. The summed E-state index contributed by atoms with van der Waals surface area (Å²) in [6.45, 7) is 6.02. The first-order chi connectivity index (χ1) is 20.0. The number of hydroxylamine groups is 1. The van der Waals surface area contributed by atoms with Gasteiger partial charge in [-0.1, -0.05) is 41.9 Å². The molecule has 1 heterocycles. The zero-order valence-electron chi connectivity index (χ0n) is 23.3. The van der Waals surface area contributed by atoms with Crippen molar-refractivity contribution < 1.29 is 33.8 Å². The van der Waals surface area contributed by atoms with E-state index in [1.165, 1.54) is 23.3 Å². The van der Waals surface area contributed by atoms with E-state index in [9.17, 15) is 19.2 Å². The van der Waals surface area contributed by atoms with Crippen molar-refractivity contribution in [2.45, 2.75) is 38.8 Å². The number of amides is 3. The normalized spacial score (nSPS) is 13.7. The van der Waals surface area contributed by atoms with Crippen molar-refractivity contribution in [1.29, 1.82) is 0 Å². The lowest BCUT2D eigenvalue weighted by Gasteiger charge is -2.20. The molecule has 3 aromatic rings. The lowest BCUT2D eigenvalue weighted by molar-refractivity contribution is -0.258. The number of halogens is 1. The Balaban J connectivity index is 1.46. The third kappa shape index (κ3) is 8.53. The number of benzene rings is 3. The minimum Gasteiger partial charge on any atom is -0.456 e. The van der Waals surface area contributed by atoms with Gasteiger partial charge in [-0.25, -0.2) is 14.7 Å². The Bertz CT molecular complexity index is 1440. The first kappa shape index (κ1) is 30.5. The Morgan fingerprint density at radius 2 is 1.67 bits per heavy atom. The molecule has 1 aliphatic heterocycles. The number of hydrogen-bond acceptors (Lipinski definition) is 8. The van der Waals surface area contributed by atoms with Crippen LogP contribution in [0.2, 0.25) is 5.02 Å². The largest absolute Gasteiger partial charge is 0.456 e. The van der Waals surface area contributed by atoms with Gasteiger partial charge in [-0.3, -0.25) is 14.4 Å². The molecule has 12 heteroatoms. The molecule has 220 valence electrons. The summed E-state index contributed by atoms with van der Waals surface area (Å²) in [6, 6.07) is 18.8. The molecule has 1 unspecified atom stereocenters. The Morgan fingerprint density at radius 3 is 2.31 bits per heavy atom. The Hall–Kier alpha value is -4.45. The van der Waals surface area contributed by atoms with Crippen LogP contribution in [0.15, 0.2) is 72.8 Å². The van der Waals surface area contributed by atoms with Gasteiger partial charge in [0, 0.05) is 17.1 Å².